The van der Waals surface area contributed by atoms with Gasteiger partial charge in [0.25, 0.3) is 11.8 Å². The van der Waals surface area contributed by atoms with Crippen LogP contribution in [0.25, 0.3) is 0 Å². The Hall–Kier alpha value is -5.28. The molecule has 2 fully saturated rings. The van der Waals surface area contributed by atoms with E-state index in [0.29, 0.717) is 42.9 Å². The Morgan fingerprint density at radius 3 is 1.92 bits per heavy atom. The number of amides is 3. The molecule has 5 aliphatic rings. The second kappa shape index (κ2) is 19.0. The molecule has 62 heavy (non-hydrogen) atoms. The summed E-state index contributed by atoms with van der Waals surface area (Å²) < 4.78 is 62.7. The minimum Gasteiger partial charge on any atom is -0.504 e. The fourth-order valence-corrected chi connectivity index (χ4v) is 11.1. The van der Waals surface area contributed by atoms with E-state index >= 15 is 0 Å². The van der Waals surface area contributed by atoms with Crippen molar-refractivity contribution >= 4 is 60.4 Å². The number of hydrogen-bond donors (Lipinski definition) is 1. The van der Waals surface area contributed by atoms with Gasteiger partial charge in [-0.05, 0) is 57.7 Å². The molecule has 7 rings (SSSR count). The molecule has 3 unspecified atom stereocenters. The molecular weight excluding hydrogens is 827 g/mol. The lowest BCUT2D eigenvalue weighted by Gasteiger charge is -2.29. The number of phenolic OH excluding ortho intramolecular Hbond substituents is 1. The van der Waals surface area contributed by atoms with Crippen LogP contribution in [-0.4, -0.2) is 140 Å². The zero-order valence-electron chi connectivity index (χ0n) is 35.0. The van der Waals surface area contributed by atoms with E-state index < -0.39 is 43.3 Å². The highest BCUT2D eigenvalue weighted by Gasteiger charge is 2.42. The highest BCUT2D eigenvalue weighted by molar-refractivity contribution is 7.61. The first-order valence-corrected chi connectivity index (χ1v) is 23.1. The van der Waals surface area contributed by atoms with Crippen LogP contribution in [0.1, 0.15) is 65.7 Å². The number of nitrogens with zero attached hydrogens (tertiary/aromatic N) is 5. The van der Waals surface area contributed by atoms with Crippen LogP contribution >= 0.6 is 7.29 Å². The van der Waals surface area contributed by atoms with Crippen LogP contribution in [0.15, 0.2) is 46.4 Å². The van der Waals surface area contributed by atoms with Crippen molar-refractivity contribution < 1.29 is 56.6 Å². The number of aromatic hydroxyl groups is 1. The smallest absolute Gasteiger partial charge is 0.253 e. The van der Waals surface area contributed by atoms with E-state index in [-0.39, 0.29) is 122 Å². The number of ether oxygens (including phenoxy) is 3. The summed E-state index contributed by atoms with van der Waals surface area (Å²) >= 11 is 0. The van der Waals surface area contributed by atoms with Crippen molar-refractivity contribution in [2.75, 3.05) is 66.4 Å². The second-order valence-electron chi connectivity index (χ2n) is 16.6. The topological polar surface area (TPSA) is 185 Å². The number of imide groups is 1. The molecule has 2 aromatic rings. The summed E-state index contributed by atoms with van der Waals surface area (Å²) in [5.41, 5.74) is 1.18. The molecule has 18 heteroatoms. The van der Waals surface area contributed by atoms with Crippen LogP contribution in [-0.2, 0) is 18.9 Å². The summed E-state index contributed by atoms with van der Waals surface area (Å²) in [5, 5.41) is 10.9. The maximum Gasteiger partial charge on any atom is 0.253 e. The van der Waals surface area contributed by atoms with E-state index in [2.05, 4.69) is 9.98 Å². The molecule has 0 bridgehead atoms. The highest BCUT2D eigenvalue weighted by Crippen LogP contribution is 2.50. The Morgan fingerprint density at radius 1 is 0.790 bits per heavy atom. The molecular formula is C44H52F2N5O10P. The van der Waals surface area contributed by atoms with Crippen molar-refractivity contribution in [3.05, 3.63) is 47.5 Å². The molecule has 3 heterocycles. The molecule has 0 radical (unpaired) electrons. The van der Waals surface area contributed by atoms with Crippen LogP contribution in [0, 0.1) is 23.7 Å². The summed E-state index contributed by atoms with van der Waals surface area (Å²) in [6.45, 7) is 0.663. The Balaban J connectivity index is 1.01. The first kappa shape index (κ1) is 44.8. The van der Waals surface area contributed by atoms with Gasteiger partial charge in [0.05, 0.1) is 31.7 Å². The number of rotatable bonds is 18. The number of methoxy groups -OCH3 is 1. The van der Waals surface area contributed by atoms with Gasteiger partial charge in [0.1, 0.15) is 12.3 Å². The van der Waals surface area contributed by atoms with Gasteiger partial charge in [-0.15, -0.1) is 0 Å². The number of Topliss-reactive ketones (excluding diaryl/α,β-unsaturated/α-hetero) is 2. The molecule has 1 N–H and O–H groups in total. The fraction of sp³-hybridized carbons (Fsp3) is 0.523. The lowest BCUT2D eigenvalue weighted by atomic mass is 9.89. The standard InChI is InChI=1S/C44H52F2N5O10P/c1-49(40(53)6-4-11-51-41(54)7-8-42(51)55)9-5-10-50(2)62(58,14-12-60-37-22-34-32(20-36(37)52)43(56)30-18-28(45)16-26(30)24-47-34)15-13-61-39-23-35-33(21-38(39)59-3)44(57)31-19-29(46)17-27(31)25-48-35/h7-8,20-31,52H,4-6,9-19H2,1-3H3/t26-,27-,28-,29-,30?,31?,62?/m0/s1. The van der Waals surface area contributed by atoms with Crippen molar-refractivity contribution in [2.24, 2.45) is 33.7 Å². The van der Waals surface area contributed by atoms with Crippen LogP contribution in [0.3, 0.4) is 0 Å². The predicted octanol–water partition coefficient (Wildman–Crippen LogP) is 6.15. The number of aliphatic imine (C=N–C) groups is 2. The van der Waals surface area contributed by atoms with Crippen LogP contribution < -0.4 is 14.2 Å². The van der Waals surface area contributed by atoms with Gasteiger partial charge in [-0.2, -0.15) is 0 Å². The third kappa shape index (κ3) is 9.68. The minimum absolute atomic E-state index is 0.0175. The van der Waals surface area contributed by atoms with E-state index in [0.717, 1.165) is 4.90 Å². The molecule has 332 valence electrons. The SMILES string of the molecule is COc1cc2c(cc1OCCP(=O)(CCOc1cc3c(cc1O)C(=O)C1C[C@@H](F)C[C@H]1C=N3)N(C)CCCN(C)C(=O)CCCN1C(=O)C=CC1=O)N=C[C@@H]1C[C@H](F)CC1C2=O. The van der Waals surface area contributed by atoms with E-state index in [9.17, 15) is 42.4 Å². The molecule has 0 spiro atoms. The summed E-state index contributed by atoms with van der Waals surface area (Å²) in [6, 6.07) is 5.88. The van der Waals surface area contributed by atoms with Crippen LogP contribution in [0.5, 0.6) is 23.0 Å². The average Bonchev–Trinajstić information content (AvgIpc) is 3.88. The van der Waals surface area contributed by atoms with Crippen LogP contribution in [0.4, 0.5) is 20.2 Å². The molecule has 3 aliphatic heterocycles. The van der Waals surface area contributed by atoms with Gasteiger partial charge < -0.3 is 28.8 Å². The van der Waals surface area contributed by atoms with Crippen LogP contribution in [0.2, 0.25) is 0 Å². The Labute approximate surface area is 358 Å². The molecule has 2 saturated carbocycles. The molecule has 15 nitrogen and oxygen atoms in total. The summed E-state index contributed by atoms with van der Waals surface area (Å²) in [4.78, 5) is 74.9. The predicted molar refractivity (Wildman–Crippen MR) is 227 cm³/mol. The third-order valence-electron chi connectivity index (χ3n) is 12.6. The van der Waals surface area contributed by atoms with Crippen molar-refractivity contribution in [2.45, 2.75) is 57.3 Å². The lowest BCUT2D eigenvalue weighted by molar-refractivity contribution is -0.138. The van der Waals surface area contributed by atoms with Gasteiger partial charge in [-0.3, -0.25) is 43.5 Å². The first-order chi connectivity index (χ1) is 29.6. The summed E-state index contributed by atoms with van der Waals surface area (Å²) in [6.07, 6.45) is 5.13. The van der Waals surface area contributed by atoms with Gasteiger partial charge in [0.2, 0.25) is 5.91 Å². The zero-order chi connectivity index (χ0) is 44.3. The van der Waals surface area contributed by atoms with Crippen molar-refractivity contribution in [1.82, 2.24) is 14.5 Å². The Bertz CT molecular complexity index is 2230. The van der Waals surface area contributed by atoms with Gasteiger partial charge in [-0.1, -0.05) is 0 Å². The quantitative estimate of drug-likeness (QED) is 0.134. The first-order valence-electron chi connectivity index (χ1n) is 21.0. The number of hydrogen-bond acceptors (Lipinski definition) is 12. The van der Waals surface area contributed by atoms with Crippen molar-refractivity contribution in [3.63, 3.8) is 0 Å². The van der Waals surface area contributed by atoms with E-state index in [1.165, 1.54) is 31.4 Å². The lowest BCUT2D eigenvalue weighted by Crippen LogP contribution is -2.33. The van der Waals surface area contributed by atoms with Gasteiger partial charge in [-0.25, -0.2) is 8.78 Å². The normalized spacial score (nSPS) is 24.6. The summed E-state index contributed by atoms with van der Waals surface area (Å²) in [7, 11) is 1.48. The number of phenols is 1. The maximum atomic E-state index is 14.9. The van der Waals surface area contributed by atoms with Gasteiger partial charge in [0.15, 0.2) is 41.9 Å². The number of benzene rings is 2. The second-order valence-corrected chi connectivity index (χ2v) is 19.9. The zero-order valence-corrected chi connectivity index (χ0v) is 35.9. The molecule has 2 aromatic carbocycles. The van der Waals surface area contributed by atoms with E-state index in [1.807, 2.05) is 0 Å². The number of carbonyl (C=O) groups is 5. The molecule has 3 amide bonds. The average molecular weight is 880 g/mol. The Kier molecular flexibility index (Phi) is 13.7. The number of alkyl halides is 2. The third-order valence-corrected chi connectivity index (χ3v) is 15.8. The van der Waals surface area contributed by atoms with E-state index in [1.54, 1.807) is 48.2 Å². The molecule has 7 atom stereocenters. The van der Waals surface area contributed by atoms with E-state index in [4.69, 9.17) is 14.2 Å². The number of carbonyl (C=O) groups excluding carboxylic acids is 5. The van der Waals surface area contributed by atoms with Crippen molar-refractivity contribution in [3.8, 4) is 23.0 Å². The highest BCUT2D eigenvalue weighted by atomic mass is 31.2. The molecule has 0 saturated heterocycles. The molecule has 2 aliphatic carbocycles. The number of halogens is 2. The number of ketones is 2. The Morgan fingerprint density at radius 2 is 1.34 bits per heavy atom. The largest absolute Gasteiger partial charge is 0.504 e. The minimum atomic E-state index is -3.32. The van der Waals surface area contributed by atoms with Gasteiger partial charge in [0, 0.05) is 117 Å². The van der Waals surface area contributed by atoms with Gasteiger partial charge >= 0.3 is 0 Å². The maximum absolute atomic E-state index is 14.9. The number of fused-ring (bicyclic) bond motifs is 4. The monoisotopic (exact) mass is 879 g/mol. The van der Waals surface area contributed by atoms with Crippen molar-refractivity contribution in [1.29, 1.82) is 0 Å². The fourth-order valence-electron chi connectivity index (χ4n) is 8.92. The summed E-state index contributed by atoms with van der Waals surface area (Å²) in [5.74, 6) is -2.85. The molecule has 0 aromatic heterocycles.